The van der Waals surface area contributed by atoms with E-state index >= 15 is 0 Å². The number of hydrogen-bond donors (Lipinski definition) is 0. The van der Waals surface area contributed by atoms with Gasteiger partial charge in [-0.1, -0.05) is 27.2 Å². The van der Waals surface area contributed by atoms with Crippen LogP contribution >= 0.6 is 0 Å². The molecule has 3 atom stereocenters. The average molecular weight is 214 g/mol. The second-order valence-corrected chi connectivity index (χ2v) is 4.44. The zero-order chi connectivity index (χ0) is 11.3. The van der Waals surface area contributed by atoms with E-state index in [1.165, 1.54) is 0 Å². The van der Waals surface area contributed by atoms with Gasteiger partial charge in [0.1, 0.15) is 12.7 Å². The van der Waals surface area contributed by atoms with Crippen molar-refractivity contribution in [2.75, 3.05) is 13.2 Å². The van der Waals surface area contributed by atoms with Crippen LogP contribution in [0.15, 0.2) is 0 Å². The van der Waals surface area contributed by atoms with Crippen LogP contribution in [0.3, 0.4) is 0 Å². The summed E-state index contributed by atoms with van der Waals surface area (Å²) in [5.41, 5.74) is 0. The highest BCUT2D eigenvalue weighted by atomic mass is 16.6. The molecule has 1 rings (SSSR count). The molecule has 15 heavy (non-hydrogen) atoms. The van der Waals surface area contributed by atoms with Crippen molar-refractivity contribution >= 4 is 5.97 Å². The minimum Gasteiger partial charge on any atom is -0.463 e. The summed E-state index contributed by atoms with van der Waals surface area (Å²) in [4.78, 5) is 11.7. The quantitative estimate of drug-likeness (QED) is 0.482. The van der Waals surface area contributed by atoms with Gasteiger partial charge in [0.05, 0.1) is 12.5 Å². The number of rotatable bonds is 7. The Bertz CT molecular complexity index is 199. The van der Waals surface area contributed by atoms with Gasteiger partial charge < -0.3 is 9.47 Å². The zero-order valence-corrected chi connectivity index (χ0v) is 9.99. The second kappa shape index (κ2) is 6.11. The minimum absolute atomic E-state index is 0.0479. The number of esters is 1. The Morgan fingerprint density at radius 3 is 2.60 bits per heavy atom. The van der Waals surface area contributed by atoms with E-state index in [2.05, 4.69) is 13.8 Å². The summed E-state index contributed by atoms with van der Waals surface area (Å²) >= 11 is 0. The fourth-order valence-corrected chi connectivity index (χ4v) is 1.54. The fraction of sp³-hybridized carbons (Fsp3) is 0.917. The maximum absolute atomic E-state index is 11.7. The molecule has 0 saturated carbocycles. The third kappa shape index (κ3) is 4.65. The van der Waals surface area contributed by atoms with E-state index in [0.29, 0.717) is 12.5 Å². The lowest BCUT2D eigenvalue weighted by Gasteiger charge is -2.17. The Labute approximate surface area is 92.1 Å². The van der Waals surface area contributed by atoms with Gasteiger partial charge in [-0.15, -0.1) is 0 Å². The van der Waals surface area contributed by atoms with Crippen LogP contribution in [0.4, 0.5) is 0 Å². The Morgan fingerprint density at radius 2 is 2.13 bits per heavy atom. The number of epoxide rings is 1. The van der Waals surface area contributed by atoms with Crippen molar-refractivity contribution in [2.24, 2.45) is 11.8 Å². The Hall–Kier alpha value is -0.570. The van der Waals surface area contributed by atoms with E-state index in [4.69, 9.17) is 9.47 Å². The highest BCUT2D eigenvalue weighted by Crippen LogP contribution is 2.20. The first-order valence-corrected chi connectivity index (χ1v) is 5.95. The van der Waals surface area contributed by atoms with Crippen molar-refractivity contribution in [3.8, 4) is 0 Å². The van der Waals surface area contributed by atoms with Crippen molar-refractivity contribution in [1.29, 1.82) is 0 Å². The molecule has 1 heterocycles. The molecule has 1 saturated heterocycles. The molecule has 0 radical (unpaired) electrons. The zero-order valence-electron chi connectivity index (χ0n) is 9.99. The largest absolute Gasteiger partial charge is 0.463 e. The number of carbonyl (C=O) groups excluding carboxylic acids is 1. The maximum atomic E-state index is 11.7. The number of carbonyl (C=O) groups is 1. The SMILES string of the molecule is CCC(C)CC(CC)C(=O)OCC1CO1. The van der Waals surface area contributed by atoms with Gasteiger partial charge in [0.25, 0.3) is 0 Å². The van der Waals surface area contributed by atoms with Crippen molar-refractivity contribution in [3.63, 3.8) is 0 Å². The van der Waals surface area contributed by atoms with Gasteiger partial charge in [-0.25, -0.2) is 0 Å². The molecular formula is C12H22O3. The summed E-state index contributed by atoms with van der Waals surface area (Å²) in [5, 5.41) is 0. The third-order valence-electron chi connectivity index (χ3n) is 3.02. The van der Waals surface area contributed by atoms with Crippen LogP contribution in [0.5, 0.6) is 0 Å². The molecular weight excluding hydrogens is 192 g/mol. The third-order valence-corrected chi connectivity index (χ3v) is 3.02. The van der Waals surface area contributed by atoms with Crippen molar-refractivity contribution in [1.82, 2.24) is 0 Å². The van der Waals surface area contributed by atoms with Crippen molar-refractivity contribution in [3.05, 3.63) is 0 Å². The summed E-state index contributed by atoms with van der Waals surface area (Å²) in [7, 11) is 0. The number of hydrogen-bond acceptors (Lipinski definition) is 3. The first-order chi connectivity index (χ1) is 7.17. The molecule has 0 aliphatic carbocycles. The fourth-order valence-electron chi connectivity index (χ4n) is 1.54. The normalized spacial score (nSPS) is 23.3. The lowest BCUT2D eigenvalue weighted by Crippen LogP contribution is -2.21. The van der Waals surface area contributed by atoms with E-state index < -0.39 is 0 Å². The van der Waals surface area contributed by atoms with Crippen LogP contribution in [0.2, 0.25) is 0 Å². The van der Waals surface area contributed by atoms with Crippen LogP contribution in [-0.2, 0) is 14.3 Å². The van der Waals surface area contributed by atoms with Crippen LogP contribution in [0, 0.1) is 11.8 Å². The highest BCUT2D eigenvalue weighted by Gasteiger charge is 2.26. The Balaban J connectivity index is 2.24. The number of ether oxygens (including phenoxy) is 2. The topological polar surface area (TPSA) is 38.8 Å². The summed E-state index contributed by atoms with van der Waals surface area (Å²) in [6.07, 6.45) is 3.11. The molecule has 1 aliphatic heterocycles. The monoisotopic (exact) mass is 214 g/mol. The van der Waals surface area contributed by atoms with Gasteiger partial charge in [-0.2, -0.15) is 0 Å². The minimum atomic E-state index is -0.0479. The van der Waals surface area contributed by atoms with Crippen molar-refractivity contribution < 1.29 is 14.3 Å². The first-order valence-electron chi connectivity index (χ1n) is 5.95. The van der Waals surface area contributed by atoms with Crippen LogP contribution in [0.1, 0.15) is 40.0 Å². The standard InChI is InChI=1S/C12H22O3/c1-4-9(3)6-10(5-2)12(13)15-8-11-7-14-11/h9-11H,4-8H2,1-3H3. The van der Waals surface area contributed by atoms with Gasteiger partial charge in [0.2, 0.25) is 0 Å². The van der Waals surface area contributed by atoms with Crippen LogP contribution in [0.25, 0.3) is 0 Å². The van der Waals surface area contributed by atoms with Gasteiger partial charge in [-0.05, 0) is 18.8 Å². The van der Waals surface area contributed by atoms with Gasteiger partial charge in [0, 0.05) is 0 Å². The van der Waals surface area contributed by atoms with Gasteiger partial charge >= 0.3 is 5.97 Å². The lowest BCUT2D eigenvalue weighted by atomic mass is 9.92. The Kier molecular flexibility index (Phi) is 5.09. The van der Waals surface area contributed by atoms with E-state index in [-0.39, 0.29) is 18.0 Å². The van der Waals surface area contributed by atoms with E-state index in [0.717, 1.165) is 25.9 Å². The average Bonchev–Trinajstić information content (AvgIpc) is 3.05. The predicted octanol–water partition coefficient (Wildman–Crippen LogP) is 2.39. The van der Waals surface area contributed by atoms with Gasteiger partial charge in [0.15, 0.2) is 0 Å². The maximum Gasteiger partial charge on any atom is 0.309 e. The molecule has 3 unspecified atom stereocenters. The van der Waals surface area contributed by atoms with E-state index in [1.807, 2.05) is 6.92 Å². The molecule has 3 heteroatoms. The van der Waals surface area contributed by atoms with Crippen molar-refractivity contribution in [2.45, 2.75) is 46.1 Å². The molecule has 1 aliphatic rings. The Morgan fingerprint density at radius 1 is 1.47 bits per heavy atom. The predicted molar refractivity (Wildman–Crippen MR) is 58.6 cm³/mol. The summed E-state index contributed by atoms with van der Waals surface area (Å²) in [5.74, 6) is 0.617. The molecule has 0 amide bonds. The van der Waals surface area contributed by atoms with E-state index in [9.17, 15) is 4.79 Å². The first kappa shape index (κ1) is 12.5. The molecule has 0 N–H and O–H groups in total. The molecule has 88 valence electrons. The summed E-state index contributed by atoms with van der Waals surface area (Å²) in [6, 6.07) is 0. The summed E-state index contributed by atoms with van der Waals surface area (Å²) < 4.78 is 10.2. The molecule has 0 bridgehead atoms. The van der Waals surface area contributed by atoms with E-state index in [1.54, 1.807) is 0 Å². The summed E-state index contributed by atoms with van der Waals surface area (Å²) in [6.45, 7) is 7.56. The van der Waals surface area contributed by atoms with Gasteiger partial charge in [-0.3, -0.25) is 4.79 Å². The van der Waals surface area contributed by atoms with Crippen LogP contribution < -0.4 is 0 Å². The molecule has 1 fully saturated rings. The van der Waals surface area contributed by atoms with Crippen LogP contribution in [-0.4, -0.2) is 25.3 Å². The lowest BCUT2D eigenvalue weighted by molar-refractivity contribution is -0.149. The molecule has 0 spiro atoms. The molecule has 3 nitrogen and oxygen atoms in total. The molecule has 0 aromatic heterocycles. The molecule has 0 aromatic rings. The second-order valence-electron chi connectivity index (χ2n) is 4.44. The smallest absolute Gasteiger partial charge is 0.309 e. The highest BCUT2D eigenvalue weighted by molar-refractivity contribution is 5.72. The molecule has 0 aromatic carbocycles.